The van der Waals surface area contributed by atoms with Crippen LogP contribution in [0.1, 0.15) is 65.7 Å². The summed E-state index contributed by atoms with van der Waals surface area (Å²) in [5, 5.41) is 27.1. The lowest BCUT2D eigenvalue weighted by Crippen LogP contribution is -2.37. The minimum absolute atomic E-state index is 0.0137. The Hall–Kier alpha value is -3.94. The summed E-state index contributed by atoms with van der Waals surface area (Å²) in [4.78, 5) is 9.78. The average Bonchev–Trinajstić information content (AvgIpc) is 3.51. The molecule has 1 aliphatic carbocycles. The largest absolute Gasteiger partial charge is 0.377 e. The zero-order valence-corrected chi connectivity index (χ0v) is 23.7. The van der Waals surface area contributed by atoms with Gasteiger partial charge in [0.25, 0.3) is 0 Å². The van der Waals surface area contributed by atoms with Crippen LogP contribution in [0, 0.1) is 18.3 Å². The normalized spacial score (nSPS) is 15.3. The minimum atomic E-state index is -1.21. The molecule has 3 aromatic heterocycles. The zero-order chi connectivity index (χ0) is 27.9. The van der Waals surface area contributed by atoms with Gasteiger partial charge in [0.05, 0.1) is 56.7 Å². The Morgan fingerprint density at radius 3 is 2.73 bits per heavy atom. The van der Waals surface area contributed by atoms with E-state index in [1.54, 1.807) is 17.8 Å². The summed E-state index contributed by atoms with van der Waals surface area (Å²) in [5.41, 5.74) is 5.42. The Balaban J connectivity index is 1.46. The summed E-state index contributed by atoms with van der Waals surface area (Å²) in [6.45, 7) is 4.03. The number of halogens is 1. The lowest BCUT2D eigenvalue weighted by atomic mass is 9.73. The predicted molar refractivity (Wildman–Crippen MR) is 160 cm³/mol. The minimum Gasteiger partial charge on any atom is -0.377 e. The smallest absolute Gasteiger partial charge is 0.120 e. The van der Waals surface area contributed by atoms with Gasteiger partial charge in [-0.05, 0) is 43.9 Å². The van der Waals surface area contributed by atoms with E-state index in [2.05, 4.69) is 56.0 Å². The van der Waals surface area contributed by atoms with Crippen molar-refractivity contribution in [2.24, 2.45) is 0 Å². The Bertz CT molecular complexity index is 1730. The summed E-state index contributed by atoms with van der Waals surface area (Å²) < 4.78 is 1.88. The standard InChI is InChI=1S/C29H26BClN8S/c1-3-24(18-7-5-4-6-8-18)35-26-19(13-32)14-33-27-22(26)11-20(12-23(27)31)36-29(30,28-17(2)34-16-40-28)25-15-39(38-37-25)21-9-10-21/h4-8,11-12,14-16,21,24,36H,3,9-10H2,1-2H3,(H,33,35)/t24-,29-/m1/s1. The van der Waals surface area contributed by atoms with Gasteiger partial charge < -0.3 is 10.6 Å². The Labute approximate surface area is 242 Å². The summed E-state index contributed by atoms with van der Waals surface area (Å²) in [7, 11) is 7.14. The van der Waals surface area contributed by atoms with Gasteiger partial charge in [-0.25, -0.2) is 9.67 Å². The molecule has 0 saturated heterocycles. The highest BCUT2D eigenvalue weighted by Gasteiger charge is 2.36. The molecule has 0 spiro atoms. The molecular weight excluding hydrogens is 539 g/mol. The molecule has 2 atom stereocenters. The van der Waals surface area contributed by atoms with Gasteiger partial charge in [-0.3, -0.25) is 4.98 Å². The average molecular weight is 565 g/mol. The van der Waals surface area contributed by atoms with E-state index in [4.69, 9.17) is 19.4 Å². The third-order valence-electron chi connectivity index (χ3n) is 7.25. The van der Waals surface area contributed by atoms with Crippen LogP contribution in [0.5, 0.6) is 0 Å². The fraction of sp³-hybridized carbons (Fsp3) is 0.276. The van der Waals surface area contributed by atoms with E-state index in [0.717, 1.165) is 35.4 Å². The molecule has 198 valence electrons. The van der Waals surface area contributed by atoms with Crippen molar-refractivity contribution in [2.75, 3.05) is 10.6 Å². The van der Waals surface area contributed by atoms with Crippen LogP contribution < -0.4 is 10.6 Å². The second kappa shape index (κ2) is 10.6. The van der Waals surface area contributed by atoms with Crippen molar-refractivity contribution in [1.29, 1.82) is 5.26 Å². The molecule has 1 fully saturated rings. The fourth-order valence-electron chi connectivity index (χ4n) is 4.97. The van der Waals surface area contributed by atoms with Crippen LogP contribution in [0.2, 0.25) is 5.02 Å². The molecule has 3 heterocycles. The number of nitrogens with zero attached hydrogens (tertiary/aromatic N) is 6. The summed E-state index contributed by atoms with van der Waals surface area (Å²) in [5.74, 6) is 0. The van der Waals surface area contributed by atoms with Gasteiger partial charge >= 0.3 is 0 Å². The molecule has 6 rings (SSSR count). The Morgan fingerprint density at radius 1 is 1.25 bits per heavy atom. The fourth-order valence-corrected chi connectivity index (χ4v) is 6.12. The molecule has 2 radical (unpaired) electrons. The van der Waals surface area contributed by atoms with Gasteiger partial charge in [-0.1, -0.05) is 54.1 Å². The SMILES string of the molecule is [B][C@@](Nc1cc(Cl)c2ncc(C#N)c(N[C@H](CC)c3ccccc3)c2c1)(c1cn(C2CC2)nn1)c1scnc1C. The quantitative estimate of drug-likeness (QED) is 0.197. The number of nitrogens with one attached hydrogen (secondary N) is 2. The number of anilines is 2. The molecule has 0 amide bonds. The highest BCUT2D eigenvalue weighted by atomic mass is 35.5. The third-order valence-corrected chi connectivity index (χ3v) is 8.61. The highest BCUT2D eigenvalue weighted by molar-refractivity contribution is 7.10. The first kappa shape index (κ1) is 26.3. The highest BCUT2D eigenvalue weighted by Crippen LogP contribution is 2.40. The first-order valence-corrected chi connectivity index (χ1v) is 14.4. The van der Waals surface area contributed by atoms with Crippen molar-refractivity contribution in [3.05, 3.63) is 92.8 Å². The van der Waals surface area contributed by atoms with Gasteiger partial charge in [0, 0.05) is 22.1 Å². The lowest BCUT2D eigenvalue weighted by Gasteiger charge is -2.30. The lowest BCUT2D eigenvalue weighted by molar-refractivity contribution is 0.610. The Morgan fingerprint density at radius 2 is 2.05 bits per heavy atom. The van der Waals surface area contributed by atoms with E-state index in [-0.39, 0.29) is 6.04 Å². The number of benzene rings is 2. The van der Waals surface area contributed by atoms with Crippen molar-refractivity contribution < 1.29 is 0 Å². The van der Waals surface area contributed by atoms with Crippen LogP contribution in [0.25, 0.3) is 10.9 Å². The van der Waals surface area contributed by atoms with Gasteiger partial charge in [0.2, 0.25) is 0 Å². The van der Waals surface area contributed by atoms with Crippen LogP contribution in [0.15, 0.2) is 60.4 Å². The maximum absolute atomic E-state index is 9.99. The first-order chi connectivity index (χ1) is 19.4. The van der Waals surface area contributed by atoms with Gasteiger partial charge in [-0.2, -0.15) is 5.26 Å². The maximum Gasteiger partial charge on any atom is 0.120 e. The van der Waals surface area contributed by atoms with Crippen LogP contribution in [-0.2, 0) is 5.44 Å². The molecule has 8 nitrogen and oxygen atoms in total. The number of nitriles is 1. The van der Waals surface area contributed by atoms with Crippen molar-refractivity contribution >= 4 is 53.1 Å². The van der Waals surface area contributed by atoms with E-state index >= 15 is 0 Å². The number of aromatic nitrogens is 5. The van der Waals surface area contributed by atoms with Crippen LogP contribution in [0.3, 0.4) is 0 Å². The van der Waals surface area contributed by atoms with Gasteiger partial charge in [0.1, 0.15) is 19.6 Å². The molecule has 0 aliphatic heterocycles. The number of thiazole rings is 1. The second-order valence-corrected chi connectivity index (χ2v) is 11.3. The van der Waals surface area contributed by atoms with E-state index < -0.39 is 5.44 Å². The van der Waals surface area contributed by atoms with Crippen molar-refractivity contribution in [3.8, 4) is 6.07 Å². The molecular formula is C29H26BClN8S. The molecule has 40 heavy (non-hydrogen) atoms. The van der Waals surface area contributed by atoms with Crippen molar-refractivity contribution in [1.82, 2.24) is 25.0 Å². The summed E-state index contributed by atoms with van der Waals surface area (Å²) in [6.07, 6.45) is 6.45. The van der Waals surface area contributed by atoms with Gasteiger partial charge in [0.15, 0.2) is 0 Å². The summed E-state index contributed by atoms with van der Waals surface area (Å²) in [6, 6.07) is 16.5. The zero-order valence-electron chi connectivity index (χ0n) is 22.1. The van der Waals surface area contributed by atoms with Crippen molar-refractivity contribution in [2.45, 2.75) is 50.6 Å². The van der Waals surface area contributed by atoms with Crippen LogP contribution in [-0.4, -0.2) is 32.8 Å². The third kappa shape index (κ3) is 4.80. The molecule has 5 aromatic rings. The molecule has 2 aromatic carbocycles. The van der Waals surface area contributed by atoms with Crippen molar-refractivity contribution in [3.63, 3.8) is 0 Å². The predicted octanol–water partition coefficient (Wildman–Crippen LogP) is 6.50. The maximum atomic E-state index is 9.99. The van der Waals surface area contributed by atoms with E-state index in [1.807, 2.05) is 42.1 Å². The topological polar surface area (TPSA) is 104 Å². The summed E-state index contributed by atoms with van der Waals surface area (Å²) >= 11 is 8.26. The molecule has 1 aliphatic rings. The molecule has 11 heteroatoms. The number of hydrogen-bond donors (Lipinski definition) is 2. The molecule has 0 bridgehead atoms. The molecule has 0 unspecified atom stereocenters. The number of aryl methyl sites for hydroxylation is 1. The first-order valence-electron chi connectivity index (χ1n) is 13.1. The second-order valence-electron chi connectivity index (χ2n) is 10.0. The molecule has 2 N–H and O–H groups in total. The number of rotatable bonds is 9. The number of hydrogen-bond acceptors (Lipinski definition) is 8. The number of pyridine rings is 1. The van der Waals surface area contributed by atoms with Crippen LogP contribution >= 0.6 is 22.9 Å². The number of fused-ring (bicyclic) bond motifs is 1. The van der Waals surface area contributed by atoms with E-state index in [9.17, 15) is 5.26 Å². The van der Waals surface area contributed by atoms with Gasteiger partial charge in [-0.15, -0.1) is 16.4 Å². The monoisotopic (exact) mass is 564 g/mol. The molecule has 1 saturated carbocycles. The van der Waals surface area contributed by atoms with E-state index in [0.29, 0.717) is 44.6 Å². The van der Waals surface area contributed by atoms with E-state index in [1.165, 1.54) is 11.3 Å². The van der Waals surface area contributed by atoms with Crippen LogP contribution in [0.4, 0.5) is 11.4 Å². The Kier molecular flexibility index (Phi) is 6.94.